The van der Waals surface area contributed by atoms with Crippen LogP contribution < -0.4 is 15.0 Å². The number of anilines is 1. The van der Waals surface area contributed by atoms with Crippen LogP contribution in [0.3, 0.4) is 0 Å². The highest BCUT2D eigenvalue weighted by molar-refractivity contribution is 6.32. The second-order valence-corrected chi connectivity index (χ2v) is 7.76. The highest BCUT2D eigenvalue weighted by Crippen LogP contribution is 2.30. The summed E-state index contributed by atoms with van der Waals surface area (Å²) in [7, 11) is 1.59. The number of amides is 1. The number of benzene rings is 2. The molecule has 3 heterocycles. The van der Waals surface area contributed by atoms with E-state index < -0.39 is 12.2 Å². The summed E-state index contributed by atoms with van der Waals surface area (Å²) in [6, 6.07) is 11.6. The third-order valence-corrected chi connectivity index (χ3v) is 5.98. The SMILES string of the molecule is COc1ccc(NC(=O)O[C@H]2C(=Cc3c(F)cccc3Cl)[NH+]3CCC2CC3)cc1. The zero-order valence-electron chi connectivity index (χ0n) is 16.1. The molecule has 152 valence electrons. The lowest BCUT2D eigenvalue weighted by molar-refractivity contribution is -0.880. The Bertz CT molecular complexity index is 904. The maximum Gasteiger partial charge on any atom is 0.412 e. The normalized spacial score (nSPS) is 24.4. The van der Waals surface area contributed by atoms with Gasteiger partial charge < -0.3 is 14.4 Å². The van der Waals surface area contributed by atoms with Gasteiger partial charge in [-0.25, -0.2) is 9.18 Å². The lowest BCUT2D eigenvalue weighted by atomic mass is 9.82. The van der Waals surface area contributed by atoms with Crippen molar-refractivity contribution in [2.75, 3.05) is 25.5 Å². The van der Waals surface area contributed by atoms with Gasteiger partial charge in [0.2, 0.25) is 0 Å². The molecule has 5 rings (SSSR count). The largest absolute Gasteiger partial charge is 0.497 e. The molecule has 0 unspecified atom stereocenters. The Hall–Kier alpha value is -2.57. The Morgan fingerprint density at radius 2 is 1.93 bits per heavy atom. The molecule has 2 bridgehead atoms. The van der Waals surface area contributed by atoms with Crippen molar-refractivity contribution in [1.29, 1.82) is 0 Å². The van der Waals surface area contributed by atoms with E-state index in [4.69, 9.17) is 21.1 Å². The fraction of sp³-hybridized carbons (Fsp3) is 0.318. The Kier molecular flexibility index (Phi) is 5.74. The van der Waals surface area contributed by atoms with Gasteiger partial charge in [0.25, 0.3) is 0 Å². The van der Waals surface area contributed by atoms with E-state index in [0.717, 1.165) is 31.6 Å². The Balaban J connectivity index is 1.55. The summed E-state index contributed by atoms with van der Waals surface area (Å²) < 4.78 is 25.3. The van der Waals surface area contributed by atoms with Crippen LogP contribution in [0.5, 0.6) is 5.75 Å². The lowest BCUT2D eigenvalue weighted by Crippen LogP contribution is -3.14. The molecule has 1 amide bonds. The third kappa shape index (κ3) is 4.23. The molecular formula is C22H23ClFN2O3+. The van der Waals surface area contributed by atoms with E-state index in [9.17, 15) is 9.18 Å². The minimum Gasteiger partial charge on any atom is -0.497 e. The van der Waals surface area contributed by atoms with Crippen LogP contribution in [0.1, 0.15) is 18.4 Å². The minimum atomic E-state index is -0.529. The van der Waals surface area contributed by atoms with Gasteiger partial charge in [-0.05, 0) is 36.4 Å². The average Bonchev–Trinajstić information content (AvgIpc) is 2.73. The fourth-order valence-electron chi connectivity index (χ4n) is 4.12. The number of halogens is 2. The van der Waals surface area contributed by atoms with E-state index in [1.165, 1.54) is 11.0 Å². The number of quaternary nitrogens is 1. The Labute approximate surface area is 174 Å². The molecule has 3 aliphatic rings. The summed E-state index contributed by atoms with van der Waals surface area (Å²) >= 11 is 6.21. The first-order valence-corrected chi connectivity index (χ1v) is 10.1. The number of fused-ring (bicyclic) bond motifs is 3. The average molecular weight is 418 g/mol. The molecule has 5 nitrogen and oxygen atoms in total. The first-order valence-electron chi connectivity index (χ1n) is 9.67. The number of ether oxygens (including phenoxy) is 2. The van der Waals surface area contributed by atoms with Crippen molar-refractivity contribution in [3.63, 3.8) is 0 Å². The zero-order valence-corrected chi connectivity index (χ0v) is 16.8. The number of piperidine rings is 3. The number of nitrogens with one attached hydrogen (secondary N) is 2. The molecule has 1 atom stereocenters. The molecule has 29 heavy (non-hydrogen) atoms. The summed E-state index contributed by atoms with van der Waals surface area (Å²) in [5.41, 5.74) is 1.84. The second-order valence-electron chi connectivity index (χ2n) is 7.36. The van der Waals surface area contributed by atoms with E-state index in [1.807, 2.05) is 0 Å². The molecule has 0 saturated carbocycles. The molecule has 0 radical (unpaired) electrons. The molecule has 7 heteroatoms. The van der Waals surface area contributed by atoms with E-state index in [-0.39, 0.29) is 11.7 Å². The summed E-state index contributed by atoms with van der Waals surface area (Å²) in [4.78, 5) is 13.8. The van der Waals surface area contributed by atoms with Crippen molar-refractivity contribution in [3.05, 3.63) is 64.6 Å². The molecule has 2 N–H and O–H groups in total. The molecule has 0 aliphatic carbocycles. The van der Waals surface area contributed by atoms with Gasteiger partial charge >= 0.3 is 6.09 Å². The van der Waals surface area contributed by atoms with Crippen molar-refractivity contribution >= 4 is 29.5 Å². The van der Waals surface area contributed by atoms with Gasteiger partial charge in [-0.2, -0.15) is 0 Å². The lowest BCUT2D eigenvalue weighted by Gasteiger charge is -2.42. The van der Waals surface area contributed by atoms with Crippen LogP contribution in [-0.4, -0.2) is 32.4 Å². The van der Waals surface area contributed by atoms with Crippen molar-refractivity contribution in [3.8, 4) is 5.75 Å². The molecule has 2 aromatic rings. The minimum absolute atomic E-state index is 0.228. The summed E-state index contributed by atoms with van der Waals surface area (Å²) in [6.07, 6.45) is 2.76. The van der Waals surface area contributed by atoms with Gasteiger partial charge in [-0.15, -0.1) is 0 Å². The smallest absolute Gasteiger partial charge is 0.412 e. The first kappa shape index (κ1) is 19.7. The van der Waals surface area contributed by atoms with Crippen LogP contribution in [0.25, 0.3) is 6.08 Å². The van der Waals surface area contributed by atoms with Gasteiger partial charge in [0.15, 0.2) is 6.10 Å². The molecule has 0 spiro atoms. The Morgan fingerprint density at radius 1 is 1.21 bits per heavy atom. The van der Waals surface area contributed by atoms with E-state index in [0.29, 0.717) is 22.0 Å². The van der Waals surface area contributed by atoms with Gasteiger partial charge in [0, 0.05) is 36.1 Å². The molecule has 3 aliphatic heterocycles. The molecule has 3 fully saturated rings. The highest BCUT2D eigenvalue weighted by atomic mass is 35.5. The van der Waals surface area contributed by atoms with Gasteiger partial charge in [-0.1, -0.05) is 17.7 Å². The first-order chi connectivity index (χ1) is 14.0. The highest BCUT2D eigenvalue weighted by Gasteiger charge is 2.44. The number of hydrogen-bond acceptors (Lipinski definition) is 3. The maximum absolute atomic E-state index is 14.3. The van der Waals surface area contributed by atoms with Crippen molar-refractivity contribution in [2.24, 2.45) is 5.92 Å². The predicted molar refractivity (Wildman–Crippen MR) is 110 cm³/mol. The number of methoxy groups -OCH3 is 1. The molecule has 3 saturated heterocycles. The Morgan fingerprint density at radius 3 is 2.59 bits per heavy atom. The summed E-state index contributed by atoms with van der Waals surface area (Å²) in [5, 5.41) is 3.10. The predicted octanol–water partition coefficient (Wildman–Crippen LogP) is 3.75. The summed E-state index contributed by atoms with van der Waals surface area (Å²) in [5.74, 6) is 0.552. The fourth-order valence-corrected chi connectivity index (χ4v) is 4.34. The van der Waals surface area contributed by atoms with Gasteiger partial charge in [0.05, 0.1) is 25.2 Å². The van der Waals surface area contributed by atoms with Crippen LogP contribution in [-0.2, 0) is 4.74 Å². The number of hydrogen-bond donors (Lipinski definition) is 2. The number of carbonyl (C=O) groups excluding carboxylic acids is 1. The third-order valence-electron chi connectivity index (χ3n) is 5.65. The summed E-state index contributed by atoms with van der Waals surface area (Å²) in [6.45, 7) is 1.89. The van der Waals surface area contributed by atoms with Crippen molar-refractivity contribution in [2.45, 2.75) is 18.9 Å². The van der Waals surface area contributed by atoms with E-state index in [1.54, 1.807) is 49.6 Å². The molecule has 0 aromatic heterocycles. The monoisotopic (exact) mass is 417 g/mol. The quantitative estimate of drug-likeness (QED) is 0.796. The number of rotatable bonds is 4. The van der Waals surface area contributed by atoms with E-state index >= 15 is 0 Å². The van der Waals surface area contributed by atoms with E-state index in [2.05, 4.69) is 5.32 Å². The van der Waals surface area contributed by atoms with Crippen LogP contribution in [0.2, 0.25) is 5.02 Å². The van der Waals surface area contributed by atoms with Crippen molar-refractivity contribution in [1.82, 2.24) is 0 Å². The van der Waals surface area contributed by atoms with Gasteiger partial charge in [-0.3, -0.25) is 5.32 Å². The molecular weight excluding hydrogens is 395 g/mol. The van der Waals surface area contributed by atoms with Gasteiger partial charge in [0.1, 0.15) is 17.3 Å². The topological polar surface area (TPSA) is 52.0 Å². The van der Waals surface area contributed by atoms with Crippen LogP contribution in [0.15, 0.2) is 48.2 Å². The second kappa shape index (κ2) is 8.43. The maximum atomic E-state index is 14.3. The number of carbonyl (C=O) groups is 1. The zero-order chi connectivity index (χ0) is 20.4. The van der Waals surface area contributed by atoms with Crippen molar-refractivity contribution < 1.29 is 23.6 Å². The molecule has 2 aromatic carbocycles. The van der Waals surface area contributed by atoms with Crippen LogP contribution in [0, 0.1) is 11.7 Å². The van der Waals surface area contributed by atoms with Crippen LogP contribution >= 0.6 is 11.6 Å². The standard InChI is InChI=1S/C22H22ClFN2O3/c1-28-16-7-5-15(6-8-16)25-22(27)29-21-14-9-11-26(12-10-14)20(21)13-17-18(23)3-2-4-19(17)24/h2-8,13-14,21H,9-12H2,1H3,(H,25,27)/p+1/t21-/m1/s1. The van der Waals surface area contributed by atoms with Crippen LogP contribution in [0.4, 0.5) is 14.9 Å².